The van der Waals surface area contributed by atoms with Crippen molar-refractivity contribution in [3.05, 3.63) is 0 Å². The molecule has 0 saturated carbocycles. The summed E-state index contributed by atoms with van der Waals surface area (Å²) < 4.78 is 0. The molecule has 5 heteroatoms. The van der Waals surface area contributed by atoms with Crippen molar-refractivity contribution < 1.29 is 4.79 Å². The van der Waals surface area contributed by atoms with Crippen LogP contribution in [-0.2, 0) is 4.79 Å². The van der Waals surface area contributed by atoms with Crippen LogP contribution in [0.2, 0.25) is 0 Å². The number of amides is 1. The van der Waals surface area contributed by atoms with Crippen molar-refractivity contribution in [1.82, 2.24) is 9.80 Å². The predicted molar refractivity (Wildman–Crippen MR) is 73.0 cm³/mol. The summed E-state index contributed by atoms with van der Waals surface area (Å²) in [5.74, 6) is 1.20. The number of hydrogen-bond acceptors (Lipinski definition) is 4. The van der Waals surface area contributed by atoms with Crippen LogP contribution in [0.1, 0.15) is 19.8 Å². The molecule has 0 N–H and O–H groups in total. The van der Waals surface area contributed by atoms with Gasteiger partial charge in [0.2, 0.25) is 5.91 Å². The lowest BCUT2D eigenvalue weighted by atomic mass is 10.2. The van der Waals surface area contributed by atoms with E-state index < -0.39 is 0 Å². The van der Waals surface area contributed by atoms with Crippen LogP contribution in [0.25, 0.3) is 0 Å². The van der Waals surface area contributed by atoms with Gasteiger partial charge in [0.15, 0.2) is 0 Å². The molecule has 0 spiro atoms. The van der Waals surface area contributed by atoms with Gasteiger partial charge in [-0.25, -0.2) is 0 Å². The van der Waals surface area contributed by atoms with Gasteiger partial charge >= 0.3 is 0 Å². The average Bonchev–Trinajstić information content (AvgIpc) is 2.32. The standard InChI is InChI=1S/C12H23N3OS/c1-11(6-9-17-4)15(3)10-12(16)14(2)8-5-7-13/h11H,5-6,8-10H2,1-4H3. The molecule has 4 nitrogen and oxygen atoms in total. The highest BCUT2D eigenvalue weighted by atomic mass is 32.2. The molecule has 17 heavy (non-hydrogen) atoms. The Morgan fingerprint density at radius 3 is 2.65 bits per heavy atom. The van der Waals surface area contributed by atoms with Gasteiger partial charge in [-0.3, -0.25) is 9.69 Å². The highest BCUT2D eigenvalue weighted by Gasteiger charge is 2.15. The van der Waals surface area contributed by atoms with Crippen LogP contribution in [0, 0.1) is 11.3 Å². The largest absolute Gasteiger partial charge is 0.344 e. The average molecular weight is 257 g/mol. The van der Waals surface area contributed by atoms with E-state index in [9.17, 15) is 4.79 Å². The molecular formula is C12H23N3OS. The van der Waals surface area contributed by atoms with Gasteiger partial charge in [0.05, 0.1) is 19.0 Å². The first-order valence-electron chi connectivity index (χ1n) is 5.83. The van der Waals surface area contributed by atoms with Crippen LogP contribution in [0.3, 0.4) is 0 Å². The van der Waals surface area contributed by atoms with Crippen LogP contribution < -0.4 is 0 Å². The summed E-state index contributed by atoms with van der Waals surface area (Å²) in [6.45, 7) is 3.08. The molecule has 0 rings (SSSR count). The summed E-state index contributed by atoms with van der Waals surface area (Å²) in [6.07, 6.45) is 3.58. The van der Waals surface area contributed by atoms with Crippen LogP contribution in [-0.4, -0.2) is 60.9 Å². The Kier molecular flexibility index (Phi) is 8.92. The molecule has 0 fully saturated rings. The molecule has 0 aliphatic carbocycles. The fraction of sp³-hybridized carbons (Fsp3) is 0.833. The Morgan fingerprint density at radius 1 is 1.47 bits per heavy atom. The second-order valence-electron chi connectivity index (χ2n) is 4.27. The first-order chi connectivity index (χ1) is 8.02. The van der Waals surface area contributed by atoms with E-state index in [1.807, 2.05) is 24.9 Å². The van der Waals surface area contributed by atoms with Gasteiger partial charge in [-0.05, 0) is 32.4 Å². The van der Waals surface area contributed by atoms with Crippen molar-refractivity contribution in [1.29, 1.82) is 5.26 Å². The third kappa shape index (κ3) is 7.24. The molecule has 1 unspecified atom stereocenters. The van der Waals surface area contributed by atoms with Gasteiger partial charge in [0.1, 0.15) is 0 Å². The molecule has 0 saturated heterocycles. The van der Waals surface area contributed by atoms with Crippen LogP contribution in [0.15, 0.2) is 0 Å². The predicted octanol–water partition coefficient (Wildman–Crippen LogP) is 1.43. The highest BCUT2D eigenvalue weighted by Crippen LogP contribution is 2.06. The van der Waals surface area contributed by atoms with Gasteiger partial charge in [-0.2, -0.15) is 17.0 Å². The smallest absolute Gasteiger partial charge is 0.236 e. The molecule has 0 aromatic rings. The first-order valence-corrected chi connectivity index (χ1v) is 7.22. The maximum absolute atomic E-state index is 11.8. The zero-order valence-electron chi connectivity index (χ0n) is 11.3. The van der Waals surface area contributed by atoms with E-state index in [2.05, 4.69) is 18.1 Å². The topological polar surface area (TPSA) is 47.3 Å². The Labute approximate surface area is 109 Å². The Hall–Kier alpha value is -0.730. The lowest BCUT2D eigenvalue weighted by molar-refractivity contribution is -0.131. The van der Waals surface area contributed by atoms with Gasteiger partial charge in [0.25, 0.3) is 0 Å². The summed E-state index contributed by atoms with van der Waals surface area (Å²) in [7, 11) is 3.72. The molecule has 0 aromatic carbocycles. The SMILES string of the molecule is CSCCC(C)N(C)CC(=O)N(C)CCC#N. The van der Waals surface area contributed by atoms with Gasteiger partial charge in [0, 0.05) is 19.6 Å². The molecule has 0 aliphatic heterocycles. The van der Waals surface area contributed by atoms with Gasteiger partial charge in [-0.15, -0.1) is 0 Å². The third-order valence-electron chi connectivity index (χ3n) is 2.86. The molecule has 0 radical (unpaired) electrons. The van der Waals surface area contributed by atoms with Crippen molar-refractivity contribution in [3.63, 3.8) is 0 Å². The van der Waals surface area contributed by atoms with Crippen LogP contribution >= 0.6 is 11.8 Å². The monoisotopic (exact) mass is 257 g/mol. The quantitative estimate of drug-likeness (QED) is 0.660. The van der Waals surface area contributed by atoms with Crippen molar-refractivity contribution in [2.75, 3.05) is 39.2 Å². The van der Waals surface area contributed by atoms with Gasteiger partial charge in [-0.1, -0.05) is 0 Å². The summed E-state index contributed by atoms with van der Waals surface area (Å²) in [5, 5.41) is 8.46. The number of carbonyl (C=O) groups is 1. The molecular weight excluding hydrogens is 234 g/mol. The minimum Gasteiger partial charge on any atom is -0.344 e. The first kappa shape index (κ1) is 16.3. The van der Waals surface area contributed by atoms with Gasteiger partial charge < -0.3 is 4.90 Å². The summed E-state index contributed by atoms with van der Waals surface area (Å²) in [4.78, 5) is 15.5. The maximum atomic E-state index is 11.8. The second kappa shape index (κ2) is 9.32. The molecule has 0 aliphatic rings. The number of rotatable bonds is 8. The minimum atomic E-state index is 0.0822. The van der Waals surface area contributed by atoms with Crippen molar-refractivity contribution in [3.8, 4) is 6.07 Å². The fourth-order valence-electron chi connectivity index (χ4n) is 1.34. The van der Waals surface area contributed by atoms with E-state index in [0.717, 1.165) is 12.2 Å². The minimum absolute atomic E-state index is 0.0822. The summed E-state index contributed by atoms with van der Waals surface area (Å²) in [6, 6.07) is 2.46. The Morgan fingerprint density at radius 2 is 2.12 bits per heavy atom. The number of carbonyl (C=O) groups excluding carboxylic acids is 1. The molecule has 1 amide bonds. The number of hydrogen-bond donors (Lipinski definition) is 0. The molecule has 0 aromatic heterocycles. The highest BCUT2D eigenvalue weighted by molar-refractivity contribution is 7.98. The zero-order valence-corrected chi connectivity index (χ0v) is 12.1. The second-order valence-corrected chi connectivity index (χ2v) is 5.25. The van der Waals surface area contributed by atoms with E-state index in [-0.39, 0.29) is 5.91 Å². The summed E-state index contributed by atoms with van der Waals surface area (Å²) >= 11 is 1.83. The van der Waals surface area contributed by atoms with Crippen LogP contribution in [0.5, 0.6) is 0 Å². The van der Waals surface area contributed by atoms with E-state index in [0.29, 0.717) is 25.6 Å². The lowest BCUT2D eigenvalue weighted by Crippen LogP contribution is -2.40. The van der Waals surface area contributed by atoms with E-state index >= 15 is 0 Å². The number of thioether (sulfide) groups is 1. The number of likely N-dealkylation sites (N-methyl/N-ethyl adjacent to an activating group) is 2. The van der Waals surface area contributed by atoms with Crippen molar-refractivity contribution >= 4 is 17.7 Å². The number of nitrogens with zero attached hydrogens (tertiary/aromatic N) is 3. The summed E-state index contributed by atoms with van der Waals surface area (Å²) in [5.41, 5.74) is 0. The van der Waals surface area contributed by atoms with E-state index in [1.165, 1.54) is 0 Å². The Balaban J connectivity index is 3.97. The van der Waals surface area contributed by atoms with E-state index in [1.54, 1.807) is 11.9 Å². The zero-order chi connectivity index (χ0) is 13.3. The lowest BCUT2D eigenvalue weighted by Gasteiger charge is -2.26. The number of nitriles is 1. The van der Waals surface area contributed by atoms with Crippen molar-refractivity contribution in [2.45, 2.75) is 25.8 Å². The van der Waals surface area contributed by atoms with E-state index in [4.69, 9.17) is 5.26 Å². The van der Waals surface area contributed by atoms with Crippen molar-refractivity contribution in [2.24, 2.45) is 0 Å². The molecule has 98 valence electrons. The Bertz CT molecular complexity index is 265. The molecule has 0 heterocycles. The van der Waals surface area contributed by atoms with Crippen LogP contribution in [0.4, 0.5) is 0 Å². The normalized spacial score (nSPS) is 12.2. The molecule has 0 bridgehead atoms. The maximum Gasteiger partial charge on any atom is 0.236 e. The third-order valence-corrected chi connectivity index (χ3v) is 3.51. The molecule has 1 atom stereocenters. The fourth-order valence-corrected chi connectivity index (χ4v) is 1.92.